The highest BCUT2D eigenvalue weighted by Crippen LogP contribution is 2.38. The Balaban J connectivity index is 2.03. The zero-order valence-corrected chi connectivity index (χ0v) is 12.6. The maximum absolute atomic E-state index is 12.8. The van der Waals surface area contributed by atoms with E-state index in [1.54, 1.807) is 0 Å². The Morgan fingerprint density at radius 3 is 2.10 bits per heavy atom. The molecule has 0 aromatic carbocycles. The number of carboxylic acid groups (broad SMARTS) is 1. The highest BCUT2D eigenvalue weighted by atomic mass is 16.4. The van der Waals surface area contributed by atoms with Crippen molar-refractivity contribution in [1.29, 1.82) is 0 Å². The molecule has 1 unspecified atom stereocenters. The molecule has 0 saturated carbocycles. The highest BCUT2D eigenvalue weighted by molar-refractivity contribution is 5.84. The Labute approximate surface area is 120 Å². The van der Waals surface area contributed by atoms with Gasteiger partial charge in [-0.3, -0.25) is 9.59 Å². The van der Waals surface area contributed by atoms with E-state index in [4.69, 9.17) is 0 Å². The van der Waals surface area contributed by atoms with E-state index in [1.807, 2.05) is 11.8 Å². The van der Waals surface area contributed by atoms with E-state index in [9.17, 15) is 14.7 Å². The van der Waals surface area contributed by atoms with Crippen LogP contribution in [-0.4, -0.2) is 48.1 Å². The number of hydrogen-bond acceptors (Lipinski definition) is 3. The average Bonchev–Trinajstić information content (AvgIpc) is 2.96. The van der Waals surface area contributed by atoms with Crippen LogP contribution >= 0.6 is 0 Å². The van der Waals surface area contributed by atoms with E-state index >= 15 is 0 Å². The summed E-state index contributed by atoms with van der Waals surface area (Å²) in [7, 11) is 0. The summed E-state index contributed by atoms with van der Waals surface area (Å²) in [6.07, 6.45) is 3.56. The predicted octanol–water partition coefficient (Wildman–Crippen LogP) is 1.48. The van der Waals surface area contributed by atoms with E-state index in [0.29, 0.717) is 32.4 Å². The summed E-state index contributed by atoms with van der Waals surface area (Å²) in [6, 6.07) is 0. The monoisotopic (exact) mass is 282 g/mol. The van der Waals surface area contributed by atoms with E-state index in [0.717, 1.165) is 25.9 Å². The first-order valence-corrected chi connectivity index (χ1v) is 7.73. The lowest BCUT2D eigenvalue weighted by atomic mass is 9.75. The van der Waals surface area contributed by atoms with Gasteiger partial charge in [-0.2, -0.15) is 0 Å². The molecule has 0 bridgehead atoms. The van der Waals surface area contributed by atoms with Crippen LogP contribution in [0.25, 0.3) is 0 Å². The maximum atomic E-state index is 12.8. The number of carboxylic acids is 1. The highest BCUT2D eigenvalue weighted by Gasteiger charge is 2.46. The minimum Gasteiger partial charge on any atom is -0.481 e. The van der Waals surface area contributed by atoms with Crippen molar-refractivity contribution in [1.82, 2.24) is 10.2 Å². The topological polar surface area (TPSA) is 69.6 Å². The number of amides is 1. The molecule has 20 heavy (non-hydrogen) atoms. The number of nitrogens with one attached hydrogen (secondary N) is 1. The van der Waals surface area contributed by atoms with Gasteiger partial charge in [0.05, 0.1) is 10.8 Å². The van der Waals surface area contributed by atoms with Gasteiger partial charge >= 0.3 is 5.97 Å². The first kappa shape index (κ1) is 15.3. The minimum atomic E-state index is -0.708. The number of piperidine rings is 1. The van der Waals surface area contributed by atoms with Crippen molar-refractivity contribution in [2.75, 3.05) is 26.2 Å². The number of hydrogen-bond donors (Lipinski definition) is 2. The Hall–Kier alpha value is -1.10. The second kappa shape index (κ2) is 5.72. The molecular weight excluding hydrogens is 256 g/mol. The molecule has 0 radical (unpaired) electrons. The average molecular weight is 282 g/mol. The summed E-state index contributed by atoms with van der Waals surface area (Å²) in [5, 5.41) is 12.7. The fourth-order valence-corrected chi connectivity index (χ4v) is 3.57. The van der Waals surface area contributed by atoms with E-state index in [-0.39, 0.29) is 11.3 Å². The normalized spacial score (nSPS) is 29.4. The molecule has 2 heterocycles. The van der Waals surface area contributed by atoms with Crippen LogP contribution in [0.15, 0.2) is 0 Å². The number of aliphatic carboxylic acids is 1. The van der Waals surface area contributed by atoms with Crippen molar-refractivity contribution < 1.29 is 14.7 Å². The van der Waals surface area contributed by atoms with E-state index in [2.05, 4.69) is 12.2 Å². The number of carbonyl (C=O) groups is 2. The van der Waals surface area contributed by atoms with Gasteiger partial charge in [-0.1, -0.05) is 13.8 Å². The van der Waals surface area contributed by atoms with Gasteiger partial charge in [0.2, 0.25) is 5.91 Å². The summed E-state index contributed by atoms with van der Waals surface area (Å²) >= 11 is 0. The Morgan fingerprint density at radius 2 is 1.70 bits per heavy atom. The second-order valence-corrected chi connectivity index (χ2v) is 6.29. The summed E-state index contributed by atoms with van der Waals surface area (Å²) < 4.78 is 0. The lowest BCUT2D eigenvalue weighted by Crippen LogP contribution is -2.51. The van der Waals surface area contributed by atoms with Crippen LogP contribution in [0.2, 0.25) is 0 Å². The smallest absolute Gasteiger partial charge is 0.309 e. The summed E-state index contributed by atoms with van der Waals surface area (Å²) in [5.41, 5.74) is -0.875. The van der Waals surface area contributed by atoms with Gasteiger partial charge in [-0.15, -0.1) is 0 Å². The Morgan fingerprint density at radius 1 is 1.10 bits per heavy atom. The fourth-order valence-electron chi connectivity index (χ4n) is 3.57. The lowest BCUT2D eigenvalue weighted by Gasteiger charge is -2.41. The summed E-state index contributed by atoms with van der Waals surface area (Å²) in [5.74, 6) is -0.486. The van der Waals surface area contributed by atoms with Crippen LogP contribution in [0.5, 0.6) is 0 Å². The molecule has 1 amide bonds. The predicted molar refractivity (Wildman–Crippen MR) is 76.4 cm³/mol. The number of likely N-dealkylation sites (tertiary alicyclic amines) is 1. The van der Waals surface area contributed by atoms with Crippen LogP contribution < -0.4 is 5.32 Å². The molecule has 2 N–H and O–H groups in total. The molecule has 0 aliphatic carbocycles. The minimum absolute atomic E-state index is 0.222. The molecule has 2 rings (SSSR count). The zero-order valence-electron chi connectivity index (χ0n) is 12.6. The van der Waals surface area contributed by atoms with Crippen molar-refractivity contribution in [2.24, 2.45) is 10.8 Å². The third-order valence-corrected chi connectivity index (χ3v) is 5.51. The quantitative estimate of drug-likeness (QED) is 0.819. The van der Waals surface area contributed by atoms with Gasteiger partial charge in [-0.05, 0) is 38.6 Å². The molecule has 2 aliphatic heterocycles. The molecule has 2 saturated heterocycles. The standard InChI is InChI=1S/C15H26N2O3/c1-3-14(13(19)20)6-9-17(10-7-14)12(18)15(4-2)5-8-16-11-15/h16H,3-11H2,1-2H3,(H,19,20). The van der Waals surface area contributed by atoms with Crippen molar-refractivity contribution in [2.45, 2.75) is 46.0 Å². The molecule has 1 atom stereocenters. The zero-order chi connectivity index (χ0) is 14.8. The fraction of sp³-hybridized carbons (Fsp3) is 0.867. The van der Waals surface area contributed by atoms with Gasteiger partial charge in [0.1, 0.15) is 0 Å². The molecule has 5 heteroatoms. The van der Waals surface area contributed by atoms with Crippen molar-refractivity contribution >= 4 is 11.9 Å². The van der Waals surface area contributed by atoms with Gasteiger partial charge < -0.3 is 15.3 Å². The van der Waals surface area contributed by atoms with Crippen LogP contribution in [0.1, 0.15) is 46.0 Å². The number of carbonyl (C=O) groups excluding carboxylic acids is 1. The number of rotatable bonds is 4. The second-order valence-electron chi connectivity index (χ2n) is 6.29. The molecule has 0 aromatic heterocycles. The summed E-state index contributed by atoms with van der Waals surface area (Å²) in [4.78, 5) is 26.1. The van der Waals surface area contributed by atoms with Gasteiger partial charge in [0, 0.05) is 19.6 Å². The first-order chi connectivity index (χ1) is 9.49. The molecular formula is C15H26N2O3. The maximum Gasteiger partial charge on any atom is 0.309 e. The Kier molecular flexibility index (Phi) is 4.37. The van der Waals surface area contributed by atoms with E-state index in [1.165, 1.54) is 0 Å². The third kappa shape index (κ3) is 2.43. The van der Waals surface area contributed by atoms with E-state index < -0.39 is 11.4 Å². The molecule has 114 valence electrons. The Bertz CT molecular complexity index is 381. The van der Waals surface area contributed by atoms with Crippen molar-refractivity contribution in [3.05, 3.63) is 0 Å². The van der Waals surface area contributed by atoms with Crippen molar-refractivity contribution in [3.63, 3.8) is 0 Å². The lowest BCUT2D eigenvalue weighted by molar-refractivity contribution is -0.156. The largest absolute Gasteiger partial charge is 0.481 e. The van der Waals surface area contributed by atoms with Crippen LogP contribution in [0, 0.1) is 10.8 Å². The molecule has 2 aliphatic rings. The van der Waals surface area contributed by atoms with Crippen LogP contribution in [-0.2, 0) is 9.59 Å². The van der Waals surface area contributed by atoms with Gasteiger partial charge in [0.25, 0.3) is 0 Å². The molecule has 2 fully saturated rings. The van der Waals surface area contributed by atoms with Crippen LogP contribution in [0.3, 0.4) is 0 Å². The first-order valence-electron chi connectivity index (χ1n) is 7.73. The molecule has 0 spiro atoms. The van der Waals surface area contributed by atoms with Gasteiger partial charge in [-0.25, -0.2) is 0 Å². The van der Waals surface area contributed by atoms with Crippen molar-refractivity contribution in [3.8, 4) is 0 Å². The summed E-state index contributed by atoms with van der Waals surface area (Å²) in [6.45, 7) is 6.84. The SMILES string of the molecule is CCC1(C(=O)O)CCN(C(=O)C2(CC)CCNC2)CC1. The van der Waals surface area contributed by atoms with Crippen LogP contribution in [0.4, 0.5) is 0 Å². The van der Waals surface area contributed by atoms with Gasteiger partial charge in [0.15, 0.2) is 0 Å². The third-order valence-electron chi connectivity index (χ3n) is 5.51. The number of nitrogens with zero attached hydrogens (tertiary/aromatic N) is 1. The molecule has 5 nitrogen and oxygen atoms in total. The molecule has 0 aromatic rings.